The van der Waals surface area contributed by atoms with Crippen LogP contribution in [0.2, 0.25) is 0 Å². The summed E-state index contributed by atoms with van der Waals surface area (Å²) in [5.74, 6) is -1.53. The zero-order valence-electron chi connectivity index (χ0n) is 17.8. The van der Waals surface area contributed by atoms with Gasteiger partial charge in [-0.2, -0.15) is 13.2 Å². The monoisotopic (exact) mass is 488 g/mol. The number of alkyl halides is 3. The molecule has 0 saturated heterocycles. The molecule has 0 aliphatic carbocycles. The van der Waals surface area contributed by atoms with Crippen molar-refractivity contribution in [3.8, 4) is 0 Å². The molecule has 0 aromatic heterocycles. The average molecular weight is 488 g/mol. The fourth-order valence-corrected chi connectivity index (χ4v) is 5.98. The molecule has 1 heterocycles. The van der Waals surface area contributed by atoms with Gasteiger partial charge in [0.2, 0.25) is 5.91 Å². The number of carbonyl (C=O) groups is 2. The Morgan fingerprint density at radius 2 is 1.59 bits per heavy atom. The van der Waals surface area contributed by atoms with Gasteiger partial charge in [-0.05, 0) is 54.4 Å². The minimum atomic E-state index is -4.60. The van der Waals surface area contributed by atoms with Gasteiger partial charge in [0, 0.05) is 11.3 Å². The normalized spacial score (nSPS) is 16.7. The molecule has 3 aromatic carbocycles. The van der Waals surface area contributed by atoms with Crippen molar-refractivity contribution in [1.29, 1.82) is 0 Å². The predicted molar refractivity (Wildman–Crippen MR) is 118 cm³/mol. The number of nitrogens with zero attached hydrogens (tertiary/aromatic N) is 1. The first-order chi connectivity index (χ1) is 16.0. The highest BCUT2D eigenvalue weighted by atomic mass is 32.2. The van der Waals surface area contributed by atoms with Gasteiger partial charge in [0.05, 0.1) is 22.9 Å². The molecule has 0 fully saturated rings. The molecule has 2 amide bonds. The third kappa shape index (κ3) is 4.28. The smallest absolute Gasteiger partial charge is 0.326 e. The zero-order valence-corrected chi connectivity index (χ0v) is 18.7. The van der Waals surface area contributed by atoms with Crippen molar-refractivity contribution in [3.63, 3.8) is 0 Å². The maximum absolute atomic E-state index is 13.4. The van der Waals surface area contributed by atoms with Crippen LogP contribution in [0.4, 0.5) is 18.9 Å². The minimum Gasteiger partial charge on any atom is -0.326 e. The van der Waals surface area contributed by atoms with Crippen molar-refractivity contribution in [1.82, 2.24) is 4.31 Å². The molecule has 0 radical (unpaired) electrons. The van der Waals surface area contributed by atoms with Crippen LogP contribution in [0.25, 0.3) is 0 Å². The third-order valence-corrected chi connectivity index (χ3v) is 7.51. The number of para-hydroxylation sites is 1. The number of sulfonamides is 1. The summed E-state index contributed by atoms with van der Waals surface area (Å²) in [6, 6.07) is 15.4. The first-order valence-electron chi connectivity index (χ1n) is 10.2. The summed E-state index contributed by atoms with van der Waals surface area (Å²) in [6.45, 7) is 1.57. The van der Waals surface area contributed by atoms with E-state index in [1.165, 1.54) is 6.07 Å². The Labute approximate surface area is 194 Å². The maximum Gasteiger partial charge on any atom is 0.416 e. The highest BCUT2D eigenvalue weighted by molar-refractivity contribution is 7.90. The van der Waals surface area contributed by atoms with Gasteiger partial charge in [-0.3, -0.25) is 9.59 Å². The van der Waals surface area contributed by atoms with Gasteiger partial charge in [-0.25, -0.2) is 12.7 Å². The van der Waals surface area contributed by atoms with E-state index in [0.717, 1.165) is 12.1 Å². The Kier molecular flexibility index (Phi) is 5.94. The van der Waals surface area contributed by atoms with E-state index in [2.05, 4.69) is 5.32 Å². The lowest BCUT2D eigenvalue weighted by Gasteiger charge is -2.24. The number of halogens is 3. The van der Waals surface area contributed by atoms with E-state index in [0.29, 0.717) is 27.7 Å². The fraction of sp³-hybridized carbons (Fsp3) is 0.167. The van der Waals surface area contributed by atoms with Crippen LogP contribution in [0.15, 0.2) is 77.7 Å². The molecule has 34 heavy (non-hydrogen) atoms. The van der Waals surface area contributed by atoms with Gasteiger partial charge in [-0.1, -0.05) is 36.4 Å². The van der Waals surface area contributed by atoms with E-state index in [9.17, 15) is 31.2 Å². The lowest BCUT2D eigenvalue weighted by molar-refractivity contribution is -0.137. The highest BCUT2D eigenvalue weighted by Crippen LogP contribution is 2.44. The Bertz CT molecular complexity index is 1360. The number of amides is 2. The second-order valence-corrected chi connectivity index (χ2v) is 9.56. The molecule has 1 atom stereocenters. The second kappa shape index (κ2) is 8.60. The standard InChI is InChI=1S/C24H19F3N2O4S/c1-15-6-5-9-19-20(14-21(30)28-18-7-3-2-4-8-18)29(34(32,33)22(15)19)23(31)16-10-12-17(13-11-16)24(25,26)27/h2-13,20H,14H2,1H3,(H,28,30). The Morgan fingerprint density at radius 3 is 2.21 bits per heavy atom. The van der Waals surface area contributed by atoms with Crippen LogP contribution in [0.3, 0.4) is 0 Å². The Morgan fingerprint density at radius 1 is 0.941 bits per heavy atom. The van der Waals surface area contributed by atoms with E-state index in [1.807, 2.05) is 0 Å². The minimum absolute atomic E-state index is 0.0761. The molecule has 1 aliphatic rings. The first-order valence-corrected chi connectivity index (χ1v) is 11.6. The SMILES string of the molecule is Cc1cccc2c1S(=O)(=O)N(C(=O)c1ccc(C(F)(F)F)cc1)C2CC(=O)Nc1ccccc1. The lowest BCUT2D eigenvalue weighted by atomic mass is 10.0. The van der Waals surface area contributed by atoms with Gasteiger partial charge >= 0.3 is 6.18 Å². The number of aryl methyl sites for hydroxylation is 1. The number of nitrogens with one attached hydrogen (secondary N) is 1. The molecular formula is C24H19F3N2O4S. The molecular weight excluding hydrogens is 469 g/mol. The van der Waals surface area contributed by atoms with Gasteiger partial charge < -0.3 is 5.32 Å². The number of fused-ring (bicyclic) bond motifs is 1. The number of carbonyl (C=O) groups excluding carboxylic acids is 2. The van der Waals surface area contributed by atoms with Crippen LogP contribution >= 0.6 is 0 Å². The summed E-state index contributed by atoms with van der Waals surface area (Å²) >= 11 is 0. The molecule has 0 bridgehead atoms. The molecule has 0 saturated carbocycles. The lowest BCUT2D eigenvalue weighted by Crippen LogP contribution is -2.36. The molecule has 4 rings (SSSR count). The van der Waals surface area contributed by atoms with E-state index in [1.54, 1.807) is 49.4 Å². The second-order valence-electron chi connectivity index (χ2n) is 7.81. The van der Waals surface area contributed by atoms with E-state index >= 15 is 0 Å². The average Bonchev–Trinajstić information content (AvgIpc) is 3.00. The van der Waals surface area contributed by atoms with E-state index in [-0.39, 0.29) is 22.4 Å². The molecule has 0 spiro atoms. The highest BCUT2D eigenvalue weighted by Gasteiger charge is 2.47. The van der Waals surface area contributed by atoms with Crippen molar-refractivity contribution >= 4 is 27.5 Å². The quantitative estimate of drug-likeness (QED) is 0.565. The van der Waals surface area contributed by atoms with Crippen molar-refractivity contribution in [2.24, 2.45) is 0 Å². The van der Waals surface area contributed by atoms with Gasteiger partial charge in [0.15, 0.2) is 0 Å². The van der Waals surface area contributed by atoms with Crippen LogP contribution in [-0.4, -0.2) is 24.5 Å². The number of hydrogen-bond donors (Lipinski definition) is 1. The zero-order chi connectivity index (χ0) is 24.7. The fourth-order valence-electron chi connectivity index (χ4n) is 3.96. The van der Waals surface area contributed by atoms with Gasteiger partial charge in [0.1, 0.15) is 0 Å². The van der Waals surface area contributed by atoms with Crippen molar-refractivity contribution < 1.29 is 31.2 Å². The molecule has 1 unspecified atom stereocenters. The van der Waals surface area contributed by atoms with Crippen LogP contribution in [0.1, 0.15) is 39.5 Å². The Balaban J connectivity index is 1.72. The van der Waals surface area contributed by atoms with Crippen molar-refractivity contribution in [2.45, 2.75) is 30.5 Å². The van der Waals surface area contributed by atoms with E-state index < -0.39 is 39.6 Å². The number of hydrogen-bond acceptors (Lipinski definition) is 4. The summed E-state index contributed by atoms with van der Waals surface area (Å²) in [5, 5.41) is 2.67. The van der Waals surface area contributed by atoms with Crippen molar-refractivity contribution in [3.05, 3.63) is 95.1 Å². The molecule has 176 valence electrons. The van der Waals surface area contributed by atoms with Crippen LogP contribution in [0.5, 0.6) is 0 Å². The van der Waals surface area contributed by atoms with Crippen LogP contribution in [-0.2, 0) is 21.0 Å². The summed E-state index contributed by atoms with van der Waals surface area (Å²) in [7, 11) is -4.35. The number of rotatable bonds is 4. The maximum atomic E-state index is 13.4. The Hall–Kier alpha value is -3.66. The molecule has 3 aromatic rings. The summed E-state index contributed by atoms with van der Waals surface area (Å²) in [4.78, 5) is 26.0. The molecule has 10 heteroatoms. The summed E-state index contributed by atoms with van der Waals surface area (Å²) in [6.07, 6.45) is -4.97. The number of anilines is 1. The van der Waals surface area contributed by atoms with Gasteiger partial charge in [0.25, 0.3) is 15.9 Å². The van der Waals surface area contributed by atoms with E-state index in [4.69, 9.17) is 0 Å². The molecule has 1 N–H and O–H groups in total. The third-order valence-electron chi connectivity index (χ3n) is 5.50. The molecule has 1 aliphatic heterocycles. The largest absolute Gasteiger partial charge is 0.416 e. The molecule has 6 nitrogen and oxygen atoms in total. The predicted octanol–water partition coefficient (Wildman–Crippen LogP) is 4.93. The van der Waals surface area contributed by atoms with Crippen LogP contribution < -0.4 is 5.32 Å². The first kappa shape index (κ1) is 23.5. The van der Waals surface area contributed by atoms with Crippen LogP contribution in [0, 0.1) is 6.92 Å². The topological polar surface area (TPSA) is 83.6 Å². The van der Waals surface area contributed by atoms with Gasteiger partial charge in [-0.15, -0.1) is 0 Å². The number of benzene rings is 3. The summed E-state index contributed by atoms with van der Waals surface area (Å²) in [5.41, 5.74) is -0.0302. The van der Waals surface area contributed by atoms with Crippen molar-refractivity contribution in [2.75, 3.05) is 5.32 Å². The summed E-state index contributed by atoms with van der Waals surface area (Å²) < 4.78 is 66.1.